The van der Waals surface area contributed by atoms with Crippen LogP contribution in [0.1, 0.15) is 51.2 Å². The fraction of sp³-hybridized carbons (Fsp3) is 0.529. The Kier molecular flexibility index (Phi) is 5.94. The maximum atomic E-state index is 12.5. The summed E-state index contributed by atoms with van der Waals surface area (Å²) < 4.78 is 0. The molecule has 4 nitrogen and oxygen atoms in total. The SMILES string of the molecule is CCCC[C@H](NC(=O)C(C)(C)c1ccccc1C)C(=O)O. The van der Waals surface area contributed by atoms with Crippen LogP contribution in [-0.4, -0.2) is 23.0 Å². The van der Waals surface area contributed by atoms with E-state index in [0.29, 0.717) is 6.42 Å². The highest BCUT2D eigenvalue weighted by molar-refractivity contribution is 5.91. The van der Waals surface area contributed by atoms with Gasteiger partial charge in [0.15, 0.2) is 0 Å². The third kappa shape index (κ3) is 4.31. The van der Waals surface area contributed by atoms with Gasteiger partial charge in [0.25, 0.3) is 0 Å². The summed E-state index contributed by atoms with van der Waals surface area (Å²) in [5, 5.41) is 11.9. The van der Waals surface area contributed by atoms with Gasteiger partial charge in [0.1, 0.15) is 6.04 Å². The molecule has 21 heavy (non-hydrogen) atoms. The summed E-state index contributed by atoms with van der Waals surface area (Å²) in [5.74, 6) is -1.22. The van der Waals surface area contributed by atoms with Gasteiger partial charge in [-0.3, -0.25) is 4.79 Å². The average Bonchev–Trinajstić information content (AvgIpc) is 2.43. The first-order valence-electron chi connectivity index (χ1n) is 7.40. The van der Waals surface area contributed by atoms with E-state index in [1.807, 2.05) is 52.0 Å². The lowest BCUT2D eigenvalue weighted by atomic mass is 9.81. The molecule has 0 saturated carbocycles. The molecule has 0 radical (unpaired) electrons. The second-order valence-corrected chi connectivity index (χ2v) is 5.95. The Labute approximate surface area is 126 Å². The Balaban J connectivity index is 2.90. The van der Waals surface area contributed by atoms with Crippen molar-refractivity contribution >= 4 is 11.9 Å². The van der Waals surface area contributed by atoms with Crippen LogP contribution in [0, 0.1) is 6.92 Å². The number of benzene rings is 1. The first-order valence-corrected chi connectivity index (χ1v) is 7.40. The first-order chi connectivity index (χ1) is 9.80. The van der Waals surface area contributed by atoms with Gasteiger partial charge in [-0.15, -0.1) is 0 Å². The summed E-state index contributed by atoms with van der Waals surface area (Å²) in [7, 11) is 0. The summed E-state index contributed by atoms with van der Waals surface area (Å²) in [4.78, 5) is 23.8. The topological polar surface area (TPSA) is 66.4 Å². The summed E-state index contributed by atoms with van der Waals surface area (Å²) >= 11 is 0. The zero-order chi connectivity index (χ0) is 16.0. The number of carboxylic acids is 1. The van der Waals surface area contributed by atoms with Crippen LogP contribution in [0.4, 0.5) is 0 Å². The molecule has 0 heterocycles. The maximum absolute atomic E-state index is 12.5. The fourth-order valence-electron chi connectivity index (χ4n) is 2.40. The van der Waals surface area contributed by atoms with Crippen LogP contribution >= 0.6 is 0 Å². The minimum atomic E-state index is -0.975. The van der Waals surface area contributed by atoms with Gasteiger partial charge in [-0.25, -0.2) is 4.79 Å². The molecule has 4 heteroatoms. The molecule has 0 bridgehead atoms. The number of nitrogens with one attached hydrogen (secondary N) is 1. The van der Waals surface area contributed by atoms with Gasteiger partial charge in [0.2, 0.25) is 5.91 Å². The van der Waals surface area contributed by atoms with Crippen molar-refractivity contribution in [2.75, 3.05) is 0 Å². The van der Waals surface area contributed by atoms with Crippen molar-refractivity contribution in [3.8, 4) is 0 Å². The van der Waals surface area contributed by atoms with Crippen molar-refractivity contribution in [3.05, 3.63) is 35.4 Å². The molecule has 1 amide bonds. The maximum Gasteiger partial charge on any atom is 0.326 e. The molecule has 1 aromatic carbocycles. The molecule has 1 aromatic rings. The van der Waals surface area contributed by atoms with E-state index in [4.69, 9.17) is 0 Å². The quantitative estimate of drug-likeness (QED) is 0.811. The van der Waals surface area contributed by atoms with Crippen molar-refractivity contribution in [1.29, 1.82) is 0 Å². The average molecular weight is 291 g/mol. The van der Waals surface area contributed by atoms with Crippen molar-refractivity contribution in [3.63, 3.8) is 0 Å². The highest BCUT2D eigenvalue weighted by Crippen LogP contribution is 2.26. The summed E-state index contributed by atoms with van der Waals surface area (Å²) in [6.45, 7) is 7.60. The van der Waals surface area contributed by atoms with E-state index in [0.717, 1.165) is 24.0 Å². The number of hydrogen-bond acceptors (Lipinski definition) is 2. The predicted octanol–water partition coefficient (Wildman–Crippen LogP) is 3.03. The molecular formula is C17H25NO3. The first kappa shape index (κ1) is 17.2. The van der Waals surface area contributed by atoms with E-state index in [-0.39, 0.29) is 5.91 Å². The van der Waals surface area contributed by atoms with E-state index in [1.54, 1.807) is 0 Å². The third-order valence-corrected chi connectivity index (χ3v) is 3.84. The molecule has 1 rings (SSSR count). The van der Waals surface area contributed by atoms with Crippen molar-refractivity contribution in [1.82, 2.24) is 5.32 Å². The molecule has 0 aliphatic heterocycles. The number of carbonyl (C=O) groups excluding carboxylic acids is 1. The highest BCUT2D eigenvalue weighted by atomic mass is 16.4. The Morgan fingerprint density at radius 2 is 1.90 bits per heavy atom. The number of unbranched alkanes of at least 4 members (excludes halogenated alkanes) is 1. The van der Waals surface area contributed by atoms with Crippen LogP contribution in [0.2, 0.25) is 0 Å². The van der Waals surface area contributed by atoms with Crippen molar-refractivity contribution in [2.24, 2.45) is 0 Å². The van der Waals surface area contributed by atoms with E-state index < -0.39 is 17.4 Å². The predicted molar refractivity (Wildman–Crippen MR) is 83.3 cm³/mol. The monoisotopic (exact) mass is 291 g/mol. The zero-order valence-corrected chi connectivity index (χ0v) is 13.3. The fourth-order valence-corrected chi connectivity index (χ4v) is 2.40. The molecule has 0 aliphatic carbocycles. The molecule has 116 valence electrons. The number of aliphatic carboxylic acids is 1. The van der Waals surface area contributed by atoms with Crippen LogP contribution < -0.4 is 5.32 Å². The van der Waals surface area contributed by atoms with Gasteiger partial charge >= 0.3 is 5.97 Å². The van der Waals surface area contributed by atoms with Crippen LogP contribution in [0.5, 0.6) is 0 Å². The van der Waals surface area contributed by atoms with Gasteiger partial charge in [0.05, 0.1) is 5.41 Å². The lowest BCUT2D eigenvalue weighted by Crippen LogP contribution is -2.48. The van der Waals surface area contributed by atoms with Gasteiger partial charge in [0, 0.05) is 0 Å². The van der Waals surface area contributed by atoms with E-state index in [1.165, 1.54) is 0 Å². The minimum Gasteiger partial charge on any atom is -0.480 e. The van der Waals surface area contributed by atoms with Crippen LogP contribution in [0.25, 0.3) is 0 Å². The van der Waals surface area contributed by atoms with Crippen molar-refractivity contribution < 1.29 is 14.7 Å². The van der Waals surface area contributed by atoms with Crippen LogP contribution in [-0.2, 0) is 15.0 Å². The van der Waals surface area contributed by atoms with Crippen LogP contribution in [0.3, 0.4) is 0 Å². The zero-order valence-electron chi connectivity index (χ0n) is 13.3. The summed E-state index contributed by atoms with van der Waals surface area (Å²) in [6.07, 6.45) is 2.14. The Morgan fingerprint density at radius 1 is 1.29 bits per heavy atom. The molecule has 0 saturated heterocycles. The van der Waals surface area contributed by atoms with E-state index in [9.17, 15) is 14.7 Å². The number of carboxylic acid groups (broad SMARTS) is 1. The molecule has 0 spiro atoms. The molecular weight excluding hydrogens is 266 g/mol. The van der Waals surface area contributed by atoms with Gasteiger partial charge in [-0.2, -0.15) is 0 Å². The van der Waals surface area contributed by atoms with E-state index in [2.05, 4.69) is 5.32 Å². The number of carbonyl (C=O) groups is 2. The Hall–Kier alpha value is -1.84. The minimum absolute atomic E-state index is 0.250. The number of hydrogen-bond donors (Lipinski definition) is 2. The normalized spacial score (nSPS) is 12.8. The number of amides is 1. The largest absolute Gasteiger partial charge is 0.480 e. The molecule has 0 aliphatic rings. The second-order valence-electron chi connectivity index (χ2n) is 5.95. The second kappa shape index (κ2) is 7.25. The molecule has 1 atom stereocenters. The van der Waals surface area contributed by atoms with E-state index >= 15 is 0 Å². The molecule has 0 aromatic heterocycles. The summed E-state index contributed by atoms with van der Waals surface area (Å²) in [5.41, 5.74) is 1.19. The van der Waals surface area contributed by atoms with Crippen LogP contribution in [0.15, 0.2) is 24.3 Å². The standard InChI is InChI=1S/C17H25NO3/c1-5-6-11-14(15(19)20)18-16(21)17(3,4)13-10-8-7-9-12(13)2/h7-10,14H,5-6,11H2,1-4H3,(H,18,21)(H,19,20)/t14-/m0/s1. The molecule has 0 fully saturated rings. The Bertz CT molecular complexity index is 509. The van der Waals surface area contributed by atoms with Crippen molar-refractivity contribution in [2.45, 2.75) is 58.4 Å². The summed E-state index contributed by atoms with van der Waals surface area (Å²) in [6, 6.07) is 6.87. The molecule has 2 N–H and O–H groups in total. The smallest absolute Gasteiger partial charge is 0.326 e. The van der Waals surface area contributed by atoms with Gasteiger partial charge in [-0.1, -0.05) is 44.0 Å². The van der Waals surface area contributed by atoms with Gasteiger partial charge < -0.3 is 10.4 Å². The number of rotatable bonds is 7. The highest BCUT2D eigenvalue weighted by Gasteiger charge is 2.33. The Morgan fingerprint density at radius 3 is 2.43 bits per heavy atom. The third-order valence-electron chi connectivity index (χ3n) is 3.84. The lowest BCUT2D eigenvalue weighted by molar-refractivity contribution is -0.142. The number of aryl methyl sites for hydroxylation is 1. The van der Waals surface area contributed by atoms with Gasteiger partial charge in [-0.05, 0) is 38.3 Å². The lowest BCUT2D eigenvalue weighted by Gasteiger charge is -2.27. The molecule has 0 unspecified atom stereocenters.